The summed E-state index contributed by atoms with van der Waals surface area (Å²) in [6.07, 6.45) is 0.717. The Morgan fingerprint density at radius 3 is 2.29 bits per heavy atom. The molecular formula is C16H16N2O6. The highest BCUT2D eigenvalue weighted by Crippen LogP contribution is 2.28. The molecule has 2 heterocycles. The molecule has 0 unspecified atom stereocenters. The number of nitrogens with zero attached hydrogens (tertiary/aromatic N) is 1. The normalized spacial score (nSPS) is 24.0. The average Bonchev–Trinajstić information content (AvgIpc) is 3.14. The van der Waals surface area contributed by atoms with Gasteiger partial charge in [0.2, 0.25) is 0 Å². The monoisotopic (exact) mass is 332 g/mol. The van der Waals surface area contributed by atoms with Crippen molar-refractivity contribution in [3.8, 4) is 0 Å². The number of carboxylic acid groups (broad SMARTS) is 1. The Kier molecular flexibility index (Phi) is 4.06. The van der Waals surface area contributed by atoms with Crippen molar-refractivity contribution in [1.82, 2.24) is 10.2 Å². The zero-order valence-electron chi connectivity index (χ0n) is 12.9. The number of imide groups is 1. The number of fused-ring (bicyclic) bond motifs is 1. The number of benzene rings is 1. The number of rotatable bonds is 4. The lowest BCUT2D eigenvalue weighted by molar-refractivity contribution is -0.144. The van der Waals surface area contributed by atoms with E-state index >= 15 is 0 Å². The number of hydrogen-bond donors (Lipinski definition) is 2. The summed E-state index contributed by atoms with van der Waals surface area (Å²) in [5, 5.41) is 12.5. The molecule has 0 bridgehead atoms. The molecule has 3 atom stereocenters. The van der Waals surface area contributed by atoms with E-state index in [1.54, 1.807) is 12.1 Å². The molecule has 8 nitrogen and oxygen atoms in total. The van der Waals surface area contributed by atoms with E-state index in [0.29, 0.717) is 12.8 Å². The van der Waals surface area contributed by atoms with Crippen molar-refractivity contribution >= 4 is 23.8 Å². The lowest BCUT2D eigenvalue weighted by Gasteiger charge is -2.28. The first-order valence-electron chi connectivity index (χ1n) is 7.49. The van der Waals surface area contributed by atoms with E-state index < -0.39 is 41.9 Å². The highest BCUT2D eigenvalue weighted by atomic mass is 16.5. The first kappa shape index (κ1) is 16.1. The Hall–Kier alpha value is -2.74. The number of carbonyl (C=O) groups is 4. The second-order valence-electron chi connectivity index (χ2n) is 5.74. The quantitative estimate of drug-likeness (QED) is 0.591. The van der Waals surface area contributed by atoms with E-state index in [9.17, 15) is 24.3 Å². The van der Waals surface area contributed by atoms with Crippen LogP contribution < -0.4 is 5.32 Å². The molecule has 2 aliphatic heterocycles. The van der Waals surface area contributed by atoms with E-state index in [-0.39, 0.29) is 11.1 Å². The van der Waals surface area contributed by atoms with Crippen molar-refractivity contribution in [3.63, 3.8) is 0 Å². The van der Waals surface area contributed by atoms with Crippen LogP contribution in [0.2, 0.25) is 0 Å². The average molecular weight is 332 g/mol. The summed E-state index contributed by atoms with van der Waals surface area (Å²) in [5.41, 5.74) is 0.382. The minimum absolute atomic E-state index is 0.191. The van der Waals surface area contributed by atoms with Gasteiger partial charge in [0, 0.05) is 6.04 Å². The standard InChI is InChI=1S/C16H16N2O6/c1-24-16(23)11-7-6-10(17-11)12(15(21)22)18-13(19)8-4-2-3-5-9(8)14(18)20/h2-5,10-12,17H,6-7H2,1H3,(H,21,22)/t10-,11+,12+/m0/s1. The minimum Gasteiger partial charge on any atom is -0.480 e. The summed E-state index contributed by atoms with van der Waals surface area (Å²) < 4.78 is 4.64. The van der Waals surface area contributed by atoms with Crippen LogP contribution in [0.1, 0.15) is 33.6 Å². The van der Waals surface area contributed by atoms with Crippen LogP contribution >= 0.6 is 0 Å². The summed E-state index contributed by atoms with van der Waals surface area (Å²) in [6.45, 7) is 0. The molecule has 1 saturated heterocycles. The number of carboxylic acids is 1. The highest BCUT2D eigenvalue weighted by Gasteiger charge is 2.48. The van der Waals surface area contributed by atoms with Crippen molar-refractivity contribution < 1.29 is 29.0 Å². The number of ether oxygens (including phenoxy) is 1. The molecule has 1 fully saturated rings. The predicted octanol–water partition coefficient (Wildman–Crippen LogP) is 0.0294. The summed E-state index contributed by atoms with van der Waals surface area (Å²) >= 11 is 0. The van der Waals surface area contributed by atoms with Gasteiger partial charge in [0.05, 0.1) is 18.2 Å². The summed E-state index contributed by atoms with van der Waals surface area (Å²) in [6, 6.07) is 3.48. The third-order valence-electron chi connectivity index (χ3n) is 4.41. The Morgan fingerprint density at radius 2 is 1.79 bits per heavy atom. The number of aliphatic carboxylic acids is 1. The lowest BCUT2D eigenvalue weighted by Crippen LogP contribution is -2.56. The SMILES string of the molecule is COC(=O)[C@H]1CC[C@@H]([C@H](C(=O)O)N2C(=O)c3ccccc3C2=O)N1. The number of esters is 1. The molecule has 2 N–H and O–H groups in total. The van der Waals surface area contributed by atoms with Gasteiger partial charge in [-0.15, -0.1) is 0 Å². The molecule has 0 spiro atoms. The number of hydrogen-bond acceptors (Lipinski definition) is 6. The van der Waals surface area contributed by atoms with E-state index in [2.05, 4.69) is 10.1 Å². The smallest absolute Gasteiger partial charge is 0.328 e. The molecule has 0 radical (unpaired) electrons. The van der Waals surface area contributed by atoms with Gasteiger partial charge in [-0.1, -0.05) is 12.1 Å². The Balaban J connectivity index is 1.89. The van der Waals surface area contributed by atoms with Crippen molar-refractivity contribution in [2.75, 3.05) is 7.11 Å². The predicted molar refractivity (Wildman–Crippen MR) is 80.3 cm³/mol. The van der Waals surface area contributed by atoms with E-state index in [4.69, 9.17) is 0 Å². The minimum atomic E-state index is -1.38. The molecule has 0 aliphatic carbocycles. The Morgan fingerprint density at radius 1 is 1.21 bits per heavy atom. The molecule has 1 aromatic rings. The maximum Gasteiger partial charge on any atom is 0.328 e. The van der Waals surface area contributed by atoms with Crippen molar-refractivity contribution in [3.05, 3.63) is 35.4 Å². The molecule has 24 heavy (non-hydrogen) atoms. The first-order chi connectivity index (χ1) is 11.5. The molecule has 1 aromatic carbocycles. The molecule has 3 rings (SSSR count). The zero-order valence-corrected chi connectivity index (χ0v) is 12.9. The number of carbonyl (C=O) groups excluding carboxylic acids is 3. The fraction of sp³-hybridized carbons (Fsp3) is 0.375. The fourth-order valence-corrected chi connectivity index (χ4v) is 3.27. The molecule has 126 valence electrons. The van der Waals surface area contributed by atoms with Gasteiger partial charge in [-0.25, -0.2) is 4.79 Å². The van der Waals surface area contributed by atoms with Gasteiger partial charge >= 0.3 is 11.9 Å². The van der Waals surface area contributed by atoms with Crippen LogP contribution in [0.25, 0.3) is 0 Å². The van der Waals surface area contributed by atoms with E-state index in [0.717, 1.165) is 4.90 Å². The molecule has 2 aliphatic rings. The van der Waals surface area contributed by atoms with Gasteiger partial charge in [0.15, 0.2) is 6.04 Å². The van der Waals surface area contributed by atoms with Gasteiger partial charge in [-0.05, 0) is 25.0 Å². The van der Waals surface area contributed by atoms with Gasteiger partial charge in [0.1, 0.15) is 6.04 Å². The van der Waals surface area contributed by atoms with Gasteiger partial charge < -0.3 is 9.84 Å². The second-order valence-corrected chi connectivity index (χ2v) is 5.74. The first-order valence-corrected chi connectivity index (χ1v) is 7.49. The molecule has 0 saturated carbocycles. The maximum absolute atomic E-state index is 12.5. The van der Waals surface area contributed by atoms with Crippen molar-refractivity contribution in [2.24, 2.45) is 0 Å². The Bertz CT molecular complexity index is 696. The van der Waals surface area contributed by atoms with E-state index in [1.165, 1.54) is 19.2 Å². The van der Waals surface area contributed by atoms with Crippen molar-refractivity contribution in [1.29, 1.82) is 0 Å². The van der Waals surface area contributed by atoms with Crippen LogP contribution in [0.4, 0.5) is 0 Å². The van der Waals surface area contributed by atoms with Crippen LogP contribution in [0.15, 0.2) is 24.3 Å². The number of nitrogens with one attached hydrogen (secondary N) is 1. The summed E-state index contributed by atoms with van der Waals surface area (Å²) in [4.78, 5) is 49.1. The lowest BCUT2D eigenvalue weighted by atomic mass is 10.0. The Labute approximate surface area is 137 Å². The third-order valence-corrected chi connectivity index (χ3v) is 4.41. The molecule has 2 amide bonds. The molecule has 0 aromatic heterocycles. The van der Waals surface area contributed by atoms with Gasteiger partial charge in [-0.3, -0.25) is 24.6 Å². The number of amides is 2. The fourth-order valence-electron chi connectivity index (χ4n) is 3.27. The maximum atomic E-state index is 12.5. The van der Waals surface area contributed by atoms with Gasteiger partial charge in [-0.2, -0.15) is 0 Å². The molecular weight excluding hydrogens is 316 g/mol. The second kappa shape index (κ2) is 6.04. The van der Waals surface area contributed by atoms with Crippen LogP contribution in [-0.4, -0.2) is 59.0 Å². The summed E-state index contributed by atoms with van der Waals surface area (Å²) in [7, 11) is 1.25. The summed E-state index contributed by atoms with van der Waals surface area (Å²) in [5.74, 6) is -3.06. The van der Waals surface area contributed by atoms with Crippen LogP contribution in [0.5, 0.6) is 0 Å². The highest BCUT2D eigenvalue weighted by molar-refractivity contribution is 6.22. The van der Waals surface area contributed by atoms with Gasteiger partial charge in [0.25, 0.3) is 11.8 Å². The van der Waals surface area contributed by atoms with Crippen molar-refractivity contribution in [2.45, 2.75) is 31.0 Å². The van der Waals surface area contributed by atoms with Crippen LogP contribution in [0.3, 0.4) is 0 Å². The number of methoxy groups -OCH3 is 1. The largest absolute Gasteiger partial charge is 0.480 e. The zero-order chi connectivity index (χ0) is 17.4. The van der Waals surface area contributed by atoms with E-state index in [1.807, 2.05) is 0 Å². The van der Waals surface area contributed by atoms with Crippen LogP contribution in [0, 0.1) is 0 Å². The third kappa shape index (κ3) is 2.44. The van der Waals surface area contributed by atoms with Crippen LogP contribution in [-0.2, 0) is 14.3 Å². The topological polar surface area (TPSA) is 113 Å². The molecule has 8 heteroatoms.